The number of hydrogen-bond donors (Lipinski definition) is 0. The van der Waals surface area contributed by atoms with E-state index in [9.17, 15) is 4.79 Å². The van der Waals surface area contributed by atoms with Gasteiger partial charge < -0.3 is 14.0 Å². The summed E-state index contributed by atoms with van der Waals surface area (Å²) >= 11 is 0. The van der Waals surface area contributed by atoms with E-state index in [1.54, 1.807) is 19.2 Å². The van der Waals surface area contributed by atoms with Crippen LogP contribution in [0.5, 0.6) is 5.75 Å². The fourth-order valence-electron chi connectivity index (χ4n) is 3.02. The molecule has 0 aliphatic carbocycles. The molecule has 0 bridgehead atoms. The molecule has 0 saturated carbocycles. The summed E-state index contributed by atoms with van der Waals surface area (Å²) in [7, 11) is 3.76. The molecule has 0 N–H and O–H groups in total. The summed E-state index contributed by atoms with van der Waals surface area (Å²) in [4.78, 5) is 12.6. The fraction of sp³-hybridized carbons (Fsp3) is 0.381. The Morgan fingerprint density at radius 2 is 1.60 bits per heavy atom. The maximum atomic E-state index is 12.6. The zero-order chi connectivity index (χ0) is 18.3. The van der Waals surface area contributed by atoms with Crippen LogP contribution in [-0.4, -0.2) is 44.3 Å². The average Bonchev–Trinajstić information content (AvgIpc) is 2.68. The van der Waals surface area contributed by atoms with Crippen LogP contribution >= 0.6 is 0 Å². The molecule has 2 aromatic rings. The van der Waals surface area contributed by atoms with Gasteiger partial charge in [0, 0.05) is 5.56 Å². The first-order valence-corrected chi connectivity index (χ1v) is 8.75. The third-order valence-electron chi connectivity index (χ3n) is 5.08. The Morgan fingerprint density at radius 3 is 2.20 bits per heavy atom. The molecule has 4 heteroatoms. The Kier molecular flexibility index (Phi) is 6.59. The van der Waals surface area contributed by atoms with Crippen LogP contribution in [0.1, 0.15) is 35.8 Å². The van der Waals surface area contributed by atoms with E-state index in [1.807, 2.05) is 30.3 Å². The van der Waals surface area contributed by atoms with Crippen LogP contribution in [-0.2, 0) is 4.74 Å². The second-order valence-corrected chi connectivity index (χ2v) is 6.34. The minimum absolute atomic E-state index is 0.0925. The fourth-order valence-corrected chi connectivity index (χ4v) is 3.02. The summed E-state index contributed by atoms with van der Waals surface area (Å²) in [5.41, 5.74) is 1.64. The van der Waals surface area contributed by atoms with Crippen LogP contribution in [0.4, 0.5) is 0 Å². The van der Waals surface area contributed by atoms with E-state index in [2.05, 4.69) is 33.0 Å². The van der Waals surface area contributed by atoms with E-state index in [0.717, 1.165) is 17.6 Å². The predicted octanol–water partition coefficient (Wildman–Crippen LogP) is 4.08. The quantitative estimate of drug-likeness (QED) is 0.536. The van der Waals surface area contributed by atoms with E-state index in [-0.39, 0.29) is 12.0 Å². The SMILES string of the molecule is CC[N+](C)(CC)C(COC(=O)c1ccccc1OC)c1ccccc1. The summed E-state index contributed by atoms with van der Waals surface area (Å²) in [5, 5.41) is 0. The highest BCUT2D eigenvalue weighted by Crippen LogP contribution is 2.28. The van der Waals surface area contributed by atoms with Crippen molar-refractivity contribution in [3.63, 3.8) is 0 Å². The second-order valence-electron chi connectivity index (χ2n) is 6.34. The van der Waals surface area contributed by atoms with Gasteiger partial charge in [0.25, 0.3) is 0 Å². The number of para-hydroxylation sites is 1. The van der Waals surface area contributed by atoms with Crippen molar-refractivity contribution in [3.8, 4) is 5.75 Å². The summed E-state index contributed by atoms with van der Waals surface area (Å²) in [6, 6.07) is 17.5. The van der Waals surface area contributed by atoms with Gasteiger partial charge in [0.05, 0.1) is 27.2 Å². The highest BCUT2D eigenvalue weighted by molar-refractivity contribution is 5.92. The number of nitrogens with zero attached hydrogens (tertiary/aromatic N) is 1. The van der Waals surface area contributed by atoms with Gasteiger partial charge in [-0.1, -0.05) is 42.5 Å². The predicted molar refractivity (Wildman–Crippen MR) is 99.7 cm³/mol. The van der Waals surface area contributed by atoms with Crippen molar-refractivity contribution in [2.45, 2.75) is 19.9 Å². The molecule has 0 aliphatic heterocycles. The van der Waals surface area contributed by atoms with Crippen LogP contribution < -0.4 is 4.74 Å². The van der Waals surface area contributed by atoms with Crippen molar-refractivity contribution in [3.05, 3.63) is 65.7 Å². The molecule has 0 amide bonds. The lowest BCUT2D eigenvalue weighted by atomic mass is 10.0. The van der Waals surface area contributed by atoms with Crippen LogP contribution in [0.15, 0.2) is 54.6 Å². The van der Waals surface area contributed by atoms with Crippen molar-refractivity contribution in [2.24, 2.45) is 0 Å². The van der Waals surface area contributed by atoms with Crippen molar-refractivity contribution < 1.29 is 18.8 Å². The highest BCUT2D eigenvalue weighted by atomic mass is 16.5. The molecule has 0 spiro atoms. The first-order valence-electron chi connectivity index (χ1n) is 8.75. The number of ether oxygens (including phenoxy) is 2. The molecule has 1 unspecified atom stereocenters. The highest BCUT2D eigenvalue weighted by Gasteiger charge is 2.32. The van der Waals surface area contributed by atoms with Gasteiger partial charge in [-0.05, 0) is 26.0 Å². The lowest BCUT2D eigenvalue weighted by Crippen LogP contribution is -2.48. The molecule has 2 rings (SSSR count). The molecule has 1 atom stereocenters. The number of benzene rings is 2. The van der Waals surface area contributed by atoms with Gasteiger partial charge in [-0.15, -0.1) is 0 Å². The minimum Gasteiger partial charge on any atom is -0.496 e. The molecule has 0 fully saturated rings. The number of rotatable bonds is 8. The number of carbonyl (C=O) groups is 1. The number of esters is 1. The second kappa shape index (κ2) is 8.67. The van der Waals surface area contributed by atoms with Crippen LogP contribution in [0, 0.1) is 0 Å². The van der Waals surface area contributed by atoms with E-state index >= 15 is 0 Å². The largest absolute Gasteiger partial charge is 0.496 e. The van der Waals surface area contributed by atoms with Crippen LogP contribution in [0.2, 0.25) is 0 Å². The van der Waals surface area contributed by atoms with E-state index in [1.165, 1.54) is 5.56 Å². The number of hydrogen-bond acceptors (Lipinski definition) is 3. The molecule has 25 heavy (non-hydrogen) atoms. The third-order valence-corrected chi connectivity index (χ3v) is 5.08. The molecule has 134 valence electrons. The van der Waals surface area contributed by atoms with Gasteiger partial charge in [0.15, 0.2) is 0 Å². The molecule has 0 aromatic heterocycles. The molecular formula is C21H28NO3+. The summed E-state index contributed by atoms with van der Waals surface area (Å²) in [6.45, 7) is 6.59. The van der Waals surface area contributed by atoms with Crippen LogP contribution in [0.25, 0.3) is 0 Å². The topological polar surface area (TPSA) is 35.5 Å². The normalized spacial score (nSPS) is 12.5. The van der Waals surface area contributed by atoms with Crippen molar-refractivity contribution >= 4 is 5.97 Å². The van der Waals surface area contributed by atoms with Gasteiger partial charge in [0.2, 0.25) is 0 Å². The minimum atomic E-state index is -0.350. The molecule has 0 aliphatic rings. The Morgan fingerprint density at radius 1 is 1.00 bits per heavy atom. The van der Waals surface area contributed by atoms with Gasteiger partial charge in [-0.3, -0.25) is 0 Å². The molecule has 0 heterocycles. The lowest BCUT2D eigenvalue weighted by molar-refractivity contribution is -0.936. The van der Waals surface area contributed by atoms with E-state index < -0.39 is 0 Å². The van der Waals surface area contributed by atoms with Gasteiger partial charge in [-0.25, -0.2) is 4.79 Å². The molecule has 2 aromatic carbocycles. The van der Waals surface area contributed by atoms with Gasteiger partial charge >= 0.3 is 5.97 Å². The number of quaternary nitrogens is 1. The first-order chi connectivity index (χ1) is 12.1. The maximum Gasteiger partial charge on any atom is 0.342 e. The number of methoxy groups -OCH3 is 1. The molecule has 4 nitrogen and oxygen atoms in total. The number of likely N-dealkylation sites (N-methyl/N-ethyl adjacent to an activating group) is 1. The Labute approximate surface area is 150 Å². The summed E-state index contributed by atoms with van der Waals surface area (Å²) < 4.78 is 11.8. The van der Waals surface area contributed by atoms with Crippen LogP contribution in [0.3, 0.4) is 0 Å². The van der Waals surface area contributed by atoms with Crippen molar-refractivity contribution in [1.82, 2.24) is 0 Å². The monoisotopic (exact) mass is 342 g/mol. The van der Waals surface area contributed by atoms with Gasteiger partial charge in [-0.2, -0.15) is 0 Å². The molecule has 0 saturated heterocycles. The Bertz CT molecular complexity index is 681. The standard InChI is InChI=1S/C21H28NO3/c1-5-22(3,6-2)19(17-12-8-7-9-13-17)16-25-21(23)18-14-10-11-15-20(18)24-4/h7-15,19H,5-6,16H2,1-4H3/q+1. The van der Waals surface area contributed by atoms with E-state index in [0.29, 0.717) is 17.9 Å². The number of carbonyl (C=O) groups excluding carboxylic acids is 1. The first kappa shape index (κ1) is 19.0. The lowest BCUT2D eigenvalue weighted by Gasteiger charge is -2.40. The summed E-state index contributed by atoms with van der Waals surface area (Å²) in [5.74, 6) is 0.184. The van der Waals surface area contributed by atoms with Crippen molar-refractivity contribution in [2.75, 3.05) is 33.9 Å². The zero-order valence-corrected chi connectivity index (χ0v) is 15.6. The zero-order valence-electron chi connectivity index (χ0n) is 15.6. The average molecular weight is 342 g/mol. The third kappa shape index (κ3) is 4.40. The smallest absolute Gasteiger partial charge is 0.342 e. The van der Waals surface area contributed by atoms with E-state index in [4.69, 9.17) is 9.47 Å². The summed E-state index contributed by atoms with van der Waals surface area (Å²) in [6.07, 6.45) is 0. The Hall–Kier alpha value is -2.33. The maximum absolute atomic E-state index is 12.6. The Balaban J connectivity index is 2.22. The van der Waals surface area contributed by atoms with Crippen molar-refractivity contribution in [1.29, 1.82) is 0 Å². The molecular weight excluding hydrogens is 314 g/mol. The van der Waals surface area contributed by atoms with Gasteiger partial charge in [0.1, 0.15) is 24.0 Å². The molecule has 0 radical (unpaired) electrons.